The van der Waals surface area contributed by atoms with E-state index in [1.54, 1.807) is 30.3 Å². The number of nitrogens with one attached hydrogen (secondary N) is 1. The van der Waals surface area contributed by atoms with Gasteiger partial charge in [0.1, 0.15) is 6.04 Å². The Balaban J connectivity index is 2.18. The smallest absolute Gasteiger partial charge is 0.270 e. The van der Waals surface area contributed by atoms with Crippen LogP contribution >= 0.6 is 11.6 Å². The van der Waals surface area contributed by atoms with E-state index >= 15 is 0 Å². The predicted molar refractivity (Wildman–Crippen MR) is 107 cm³/mol. The monoisotopic (exact) mass is 424 g/mol. The number of carbonyl (C=O) groups excluding carboxylic acids is 1. The predicted octanol–water partition coefficient (Wildman–Crippen LogP) is 2.55. The van der Waals surface area contributed by atoms with Gasteiger partial charge in [0.15, 0.2) is 0 Å². The van der Waals surface area contributed by atoms with Crippen molar-refractivity contribution < 1.29 is 18.1 Å². The first-order chi connectivity index (χ1) is 13.1. The van der Waals surface area contributed by atoms with Gasteiger partial charge in [-0.15, -0.1) is 0 Å². The zero-order valence-corrected chi connectivity index (χ0v) is 16.5. The van der Waals surface area contributed by atoms with Crippen LogP contribution in [-0.4, -0.2) is 37.8 Å². The number of sulfonamides is 1. The summed E-state index contributed by atoms with van der Waals surface area (Å²) in [5.41, 5.74) is 2.60. The van der Waals surface area contributed by atoms with Crippen molar-refractivity contribution in [1.82, 2.24) is 5.43 Å². The molecular weight excluding hydrogens is 408 g/mol. The largest absolute Gasteiger partial charge is 0.271 e. The molecule has 148 valence electrons. The minimum Gasteiger partial charge on any atom is -0.271 e. The van der Waals surface area contributed by atoms with Crippen molar-refractivity contribution in [1.29, 1.82) is 0 Å². The number of nitro benzene ring substituents is 1. The average Bonchev–Trinajstić information content (AvgIpc) is 2.62. The molecule has 28 heavy (non-hydrogen) atoms. The van der Waals surface area contributed by atoms with Crippen LogP contribution in [0.25, 0.3) is 0 Å². The van der Waals surface area contributed by atoms with Gasteiger partial charge in [-0.2, -0.15) is 5.10 Å². The summed E-state index contributed by atoms with van der Waals surface area (Å²) in [7, 11) is -3.74. The van der Waals surface area contributed by atoms with E-state index in [-0.39, 0.29) is 16.3 Å². The molecule has 1 N–H and O–H groups in total. The number of amides is 1. The Morgan fingerprint density at radius 3 is 2.50 bits per heavy atom. The Morgan fingerprint density at radius 1 is 1.29 bits per heavy atom. The molecule has 1 atom stereocenters. The third-order valence-corrected chi connectivity index (χ3v) is 5.25. The number of hydrazone groups is 1. The van der Waals surface area contributed by atoms with Gasteiger partial charge in [-0.05, 0) is 25.1 Å². The van der Waals surface area contributed by atoms with Crippen LogP contribution in [0, 0.1) is 10.1 Å². The lowest BCUT2D eigenvalue weighted by molar-refractivity contribution is -0.384. The van der Waals surface area contributed by atoms with Gasteiger partial charge in [-0.25, -0.2) is 13.8 Å². The van der Waals surface area contributed by atoms with Crippen LogP contribution in [0.1, 0.15) is 12.5 Å². The van der Waals surface area contributed by atoms with Gasteiger partial charge in [0.25, 0.3) is 11.6 Å². The minimum atomic E-state index is -3.74. The first kappa shape index (κ1) is 21.3. The number of hydrogen-bond acceptors (Lipinski definition) is 6. The topological polar surface area (TPSA) is 122 Å². The molecule has 11 heteroatoms. The van der Waals surface area contributed by atoms with Gasteiger partial charge in [0.05, 0.1) is 23.1 Å². The number of non-ortho nitro benzene ring substituents is 1. The molecule has 2 aromatic carbocycles. The molecule has 0 saturated heterocycles. The summed E-state index contributed by atoms with van der Waals surface area (Å²) in [5, 5.41) is 14.8. The number of carbonyl (C=O) groups is 1. The molecule has 0 saturated carbocycles. The molecule has 0 fully saturated rings. The van der Waals surface area contributed by atoms with E-state index in [1.165, 1.54) is 25.1 Å². The van der Waals surface area contributed by atoms with Crippen LogP contribution in [-0.2, 0) is 14.8 Å². The average molecular weight is 425 g/mol. The fourth-order valence-corrected chi connectivity index (χ4v) is 3.73. The third-order valence-electron chi connectivity index (χ3n) is 3.67. The lowest BCUT2D eigenvalue weighted by atomic mass is 10.2. The summed E-state index contributed by atoms with van der Waals surface area (Å²) >= 11 is 5.96. The Morgan fingerprint density at radius 2 is 1.93 bits per heavy atom. The maximum atomic E-state index is 12.4. The standard InChI is InChI=1S/C17H17ClN4O5S/c1-12(21(28(2,26)27)14-6-4-3-5-7-14)17(23)20-19-11-13-10-15(22(24)25)8-9-16(13)18/h3-12H,1-2H3,(H,20,23)/b19-11-/t12-/m0/s1. The number of halogens is 1. The molecule has 2 aromatic rings. The molecule has 0 aliphatic carbocycles. The Bertz CT molecular complexity index is 1010. The van der Waals surface area contributed by atoms with Crippen molar-refractivity contribution >= 4 is 45.1 Å². The molecule has 0 heterocycles. The van der Waals surface area contributed by atoms with Gasteiger partial charge in [-0.3, -0.25) is 19.2 Å². The van der Waals surface area contributed by atoms with Gasteiger partial charge in [-0.1, -0.05) is 29.8 Å². The summed E-state index contributed by atoms with van der Waals surface area (Å²) in [5.74, 6) is -0.688. The number of rotatable bonds is 7. The maximum absolute atomic E-state index is 12.4. The number of nitro groups is 1. The number of anilines is 1. The maximum Gasteiger partial charge on any atom is 0.270 e. The fourth-order valence-electron chi connectivity index (χ4n) is 2.39. The molecule has 2 rings (SSSR count). The van der Waals surface area contributed by atoms with Gasteiger partial charge >= 0.3 is 0 Å². The summed E-state index contributed by atoms with van der Waals surface area (Å²) in [6, 6.07) is 10.9. The highest BCUT2D eigenvalue weighted by molar-refractivity contribution is 7.92. The molecule has 0 bridgehead atoms. The highest BCUT2D eigenvalue weighted by Crippen LogP contribution is 2.21. The summed E-state index contributed by atoms with van der Waals surface area (Å²) in [4.78, 5) is 22.6. The van der Waals surface area contributed by atoms with Gasteiger partial charge in [0.2, 0.25) is 10.0 Å². The van der Waals surface area contributed by atoms with Crippen molar-refractivity contribution in [3.05, 3.63) is 69.2 Å². The summed E-state index contributed by atoms with van der Waals surface area (Å²) in [6.45, 7) is 1.42. The first-order valence-electron chi connectivity index (χ1n) is 7.92. The third kappa shape index (κ3) is 5.27. The van der Waals surface area contributed by atoms with Gasteiger partial charge < -0.3 is 0 Å². The van der Waals surface area contributed by atoms with Crippen LogP contribution in [0.5, 0.6) is 0 Å². The lowest BCUT2D eigenvalue weighted by Gasteiger charge is -2.27. The van der Waals surface area contributed by atoms with Crippen LogP contribution < -0.4 is 9.73 Å². The van der Waals surface area contributed by atoms with E-state index in [4.69, 9.17) is 11.6 Å². The van der Waals surface area contributed by atoms with E-state index in [2.05, 4.69) is 10.5 Å². The Hall–Kier alpha value is -2.98. The zero-order valence-electron chi connectivity index (χ0n) is 14.9. The molecule has 0 radical (unpaired) electrons. The number of para-hydroxylation sites is 1. The molecule has 1 amide bonds. The van der Waals surface area contributed by atoms with E-state index in [1.807, 2.05) is 0 Å². The van der Waals surface area contributed by atoms with E-state index in [0.717, 1.165) is 16.8 Å². The molecule has 0 aliphatic rings. The molecule has 0 aromatic heterocycles. The first-order valence-corrected chi connectivity index (χ1v) is 10.1. The molecule has 0 unspecified atom stereocenters. The Kier molecular flexibility index (Phi) is 6.71. The van der Waals surface area contributed by atoms with E-state index in [0.29, 0.717) is 5.69 Å². The van der Waals surface area contributed by atoms with Gasteiger partial charge in [0, 0.05) is 22.7 Å². The fraction of sp³-hybridized carbons (Fsp3) is 0.176. The van der Waals surface area contributed by atoms with Crippen LogP contribution in [0.15, 0.2) is 53.6 Å². The summed E-state index contributed by atoms with van der Waals surface area (Å²) < 4.78 is 25.3. The second kappa shape index (κ2) is 8.81. The number of nitrogens with zero attached hydrogens (tertiary/aromatic N) is 3. The van der Waals surface area contributed by atoms with Crippen molar-refractivity contribution in [2.75, 3.05) is 10.6 Å². The quantitative estimate of drug-likeness (QED) is 0.415. The molecule has 0 spiro atoms. The van der Waals surface area contributed by atoms with Crippen molar-refractivity contribution in [2.45, 2.75) is 13.0 Å². The normalized spacial score (nSPS) is 12.5. The Labute approximate surface area is 166 Å². The number of hydrogen-bond donors (Lipinski definition) is 1. The van der Waals surface area contributed by atoms with Crippen molar-refractivity contribution in [2.24, 2.45) is 5.10 Å². The second-order valence-corrected chi connectivity index (χ2v) is 8.03. The highest BCUT2D eigenvalue weighted by Gasteiger charge is 2.28. The SMILES string of the molecule is C[C@@H](C(=O)N/N=C\c1cc([N+](=O)[O-])ccc1Cl)N(c1ccccc1)S(C)(=O)=O. The van der Waals surface area contributed by atoms with E-state index < -0.39 is 26.9 Å². The van der Waals surface area contributed by atoms with Crippen LogP contribution in [0.4, 0.5) is 11.4 Å². The van der Waals surface area contributed by atoms with Crippen LogP contribution in [0.2, 0.25) is 5.02 Å². The highest BCUT2D eigenvalue weighted by atomic mass is 35.5. The van der Waals surface area contributed by atoms with Crippen molar-refractivity contribution in [3.8, 4) is 0 Å². The van der Waals surface area contributed by atoms with Crippen molar-refractivity contribution in [3.63, 3.8) is 0 Å². The molecular formula is C17H17ClN4O5S. The zero-order chi connectivity index (χ0) is 20.9. The minimum absolute atomic E-state index is 0.183. The lowest BCUT2D eigenvalue weighted by Crippen LogP contribution is -2.46. The second-order valence-electron chi connectivity index (χ2n) is 5.77. The van der Waals surface area contributed by atoms with Crippen LogP contribution in [0.3, 0.4) is 0 Å². The number of benzene rings is 2. The van der Waals surface area contributed by atoms with E-state index in [9.17, 15) is 23.3 Å². The summed E-state index contributed by atoms with van der Waals surface area (Å²) in [6.07, 6.45) is 2.14. The molecule has 0 aliphatic heterocycles. The molecule has 9 nitrogen and oxygen atoms in total.